The summed E-state index contributed by atoms with van der Waals surface area (Å²) in [5, 5.41) is 9.18. The summed E-state index contributed by atoms with van der Waals surface area (Å²) in [4.78, 5) is 15.5. The van der Waals surface area contributed by atoms with Crippen molar-refractivity contribution in [2.75, 3.05) is 0 Å². The summed E-state index contributed by atoms with van der Waals surface area (Å²) >= 11 is 0. The Morgan fingerprint density at radius 1 is 1.19 bits per heavy atom. The van der Waals surface area contributed by atoms with Crippen molar-refractivity contribution < 1.29 is 14.6 Å². The van der Waals surface area contributed by atoms with Crippen LogP contribution in [0.5, 0.6) is 11.6 Å². The summed E-state index contributed by atoms with van der Waals surface area (Å²) in [6.07, 6.45) is 1.76. The first kappa shape index (κ1) is 15.0. The molecule has 110 valence electrons. The van der Waals surface area contributed by atoms with E-state index < -0.39 is 5.97 Å². The SMILES string of the molecule is Cc1ccc(C(=O)O)c(Oc2ccc(C(C)(C)C)cn2)c1. The molecule has 0 bridgehead atoms. The Morgan fingerprint density at radius 2 is 1.90 bits per heavy atom. The molecule has 1 N–H and O–H groups in total. The van der Waals surface area contributed by atoms with E-state index in [0.717, 1.165) is 11.1 Å². The third kappa shape index (κ3) is 3.60. The molecule has 0 fully saturated rings. The van der Waals surface area contributed by atoms with Crippen molar-refractivity contribution in [1.29, 1.82) is 0 Å². The van der Waals surface area contributed by atoms with Crippen LogP contribution in [-0.4, -0.2) is 16.1 Å². The smallest absolute Gasteiger partial charge is 0.339 e. The van der Waals surface area contributed by atoms with Crippen molar-refractivity contribution in [3.63, 3.8) is 0 Å². The third-order valence-corrected chi connectivity index (χ3v) is 3.18. The molecular formula is C17H19NO3. The highest BCUT2D eigenvalue weighted by atomic mass is 16.5. The predicted octanol–water partition coefficient (Wildman–Crippen LogP) is 4.18. The van der Waals surface area contributed by atoms with Gasteiger partial charge in [-0.25, -0.2) is 9.78 Å². The van der Waals surface area contributed by atoms with Gasteiger partial charge in [-0.15, -0.1) is 0 Å². The van der Waals surface area contributed by atoms with E-state index in [9.17, 15) is 9.90 Å². The molecule has 1 aromatic carbocycles. The minimum absolute atomic E-state index is 0.0150. The molecule has 4 heteroatoms. The predicted molar refractivity (Wildman–Crippen MR) is 81.1 cm³/mol. The van der Waals surface area contributed by atoms with Crippen molar-refractivity contribution in [1.82, 2.24) is 4.98 Å². The molecule has 0 aliphatic heterocycles. The molecule has 0 saturated carbocycles. The van der Waals surface area contributed by atoms with Crippen LogP contribution in [-0.2, 0) is 5.41 Å². The van der Waals surface area contributed by atoms with Gasteiger partial charge in [0.05, 0.1) is 0 Å². The maximum Gasteiger partial charge on any atom is 0.339 e. The van der Waals surface area contributed by atoms with Crippen LogP contribution in [0.25, 0.3) is 0 Å². The second-order valence-electron chi connectivity index (χ2n) is 6.04. The number of carboxylic acid groups (broad SMARTS) is 1. The Bertz CT molecular complexity index is 655. The fourth-order valence-electron chi connectivity index (χ4n) is 1.89. The van der Waals surface area contributed by atoms with Crippen LogP contribution in [0.1, 0.15) is 42.3 Å². The molecule has 4 nitrogen and oxygen atoms in total. The molecule has 21 heavy (non-hydrogen) atoms. The van der Waals surface area contributed by atoms with Crippen LogP contribution in [0.3, 0.4) is 0 Å². The molecule has 1 heterocycles. The van der Waals surface area contributed by atoms with Gasteiger partial charge in [0.1, 0.15) is 11.3 Å². The van der Waals surface area contributed by atoms with Crippen LogP contribution in [0, 0.1) is 6.92 Å². The number of aromatic carboxylic acids is 1. The summed E-state index contributed by atoms with van der Waals surface area (Å²) < 4.78 is 5.63. The lowest BCUT2D eigenvalue weighted by molar-refractivity contribution is 0.0694. The quantitative estimate of drug-likeness (QED) is 0.919. The van der Waals surface area contributed by atoms with Gasteiger partial charge in [-0.3, -0.25) is 0 Å². The normalized spacial score (nSPS) is 11.2. The maximum atomic E-state index is 11.2. The average Bonchev–Trinajstić information content (AvgIpc) is 2.38. The number of ether oxygens (including phenoxy) is 1. The average molecular weight is 285 g/mol. The monoisotopic (exact) mass is 285 g/mol. The van der Waals surface area contributed by atoms with E-state index in [1.54, 1.807) is 24.4 Å². The molecule has 0 aliphatic rings. The highest BCUT2D eigenvalue weighted by molar-refractivity contribution is 5.91. The van der Waals surface area contributed by atoms with E-state index in [2.05, 4.69) is 25.8 Å². The standard InChI is InChI=1S/C17H19NO3/c1-11-5-7-13(16(19)20)14(9-11)21-15-8-6-12(10-18-15)17(2,3)4/h5-10H,1-4H3,(H,19,20). The van der Waals surface area contributed by atoms with Crippen LogP contribution >= 0.6 is 0 Å². The highest BCUT2D eigenvalue weighted by Crippen LogP contribution is 2.27. The number of benzene rings is 1. The van der Waals surface area contributed by atoms with Crippen molar-refractivity contribution in [2.45, 2.75) is 33.1 Å². The second kappa shape index (κ2) is 5.56. The molecule has 0 unspecified atom stereocenters. The summed E-state index contributed by atoms with van der Waals surface area (Å²) in [5.41, 5.74) is 2.17. The molecule has 1 aromatic heterocycles. The number of nitrogens with zero attached hydrogens (tertiary/aromatic N) is 1. The number of hydrogen-bond acceptors (Lipinski definition) is 3. The first-order valence-electron chi connectivity index (χ1n) is 6.76. The van der Waals surface area contributed by atoms with E-state index in [1.165, 1.54) is 6.07 Å². The number of aromatic nitrogens is 1. The van der Waals surface area contributed by atoms with Crippen molar-refractivity contribution in [2.24, 2.45) is 0 Å². The molecule has 0 spiro atoms. The Hall–Kier alpha value is -2.36. The minimum atomic E-state index is -1.02. The zero-order valence-electron chi connectivity index (χ0n) is 12.7. The van der Waals surface area contributed by atoms with E-state index in [1.807, 2.05) is 13.0 Å². The van der Waals surface area contributed by atoms with E-state index >= 15 is 0 Å². The number of carbonyl (C=O) groups is 1. The zero-order valence-corrected chi connectivity index (χ0v) is 12.7. The van der Waals surface area contributed by atoms with Crippen LogP contribution in [0.4, 0.5) is 0 Å². The molecule has 0 radical (unpaired) electrons. The molecule has 0 saturated heterocycles. The van der Waals surface area contributed by atoms with Crippen molar-refractivity contribution in [3.05, 3.63) is 53.2 Å². The topological polar surface area (TPSA) is 59.4 Å². The minimum Gasteiger partial charge on any atom is -0.478 e. The first-order chi connectivity index (χ1) is 9.77. The van der Waals surface area contributed by atoms with Crippen molar-refractivity contribution >= 4 is 5.97 Å². The molecular weight excluding hydrogens is 266 g/mol. The van der Waals surface area contributed by atoms with Gasteiger partial charge in [0, 0.05) is 12.3 Å². The van der Waals surface area contributed by atoms with Gasteiger partial charge in [-0.2, -0.15) is 0 Å². The highest BCUT2D eigenvalue weighted by Gasteiger charge is 2.15. The lowest BCUT2D eigenvalue weighted by atomic mass is 9.88. The summed E-state index contributed by atoms with van der Waals surface area (Å²) in [6.45, 7) is 8.20. The summed E-state index contributed by atoms with van der Waals surface area (Å²) in [7, 11) is 0. The number of aryl methyl sites for hydroxylation is 1. The molecule has 0 amide bonds. The van der Waals surface area contributed by atoms with Gasteiger partial charge in [-0.1, -0.05) is 32.9 Å². The van der Waals surface area contributed by atoms with Crippen molar-refractivity contribution in [3.8, 4) is 11.6 Å². The lowest BCUT2D eigenvalue weighted by Gasteiger charge is -2.18. The van der Waals surface area contributed by atoms with Crippen LogP contribution in [0.2, 0.25) is 0 Å². The maximum absolute atomic E-state index is 11.2. The summed E-state index contributed by atoms with van der Waals surface area (Å²) in [5.74, 6) is -0.328. The van der Waals surface area contributed by atoms with E-state index in [-0.39, 0.29) is 11.0 Å². The Kier molecular flexibility index (Phi) is 3.98. The largest absolute Gasteiger partial charge is 0.478 e. The van der Waals surface area contributed by atoms with Gasteiger partial charge in [0.15, 0.2) is 0 Å². The number of rotatable bonds is 3. The molecule has 0 aliphatic carbocycles. The fourth-order valence-corrected chi connectivity index (χ4v) is 1.89. The number of carboxylic acids is 1. The Labute approximate surface area is 124 Å². The van der Waals surface area contributed by atoms with Gasteiger partial charge in [-0.05, 0) is 35.6 Å². The van der Waals surface area contributed by atoms with Crippen LogP contribution < -0.4 is 4.74 Å². The Morgan fingerprint density at radius 3 is 2.43 bits per heavy atom. The third-order valence-electron chi connectivity index (χ3n) is 3.18. The Balaban J connectivity index is 2.30. The number of hydrogen-bond donors (Lipinski definition) is 1. The molecule has 2 rings (SSSR count). The molecule has 0 atom stereocenters. The van der Waals surface area contributed by atoms with Gasteiger partial charge >= 0.3 is 5.97 Å². The van der Waals surface area contributed by atoms with E-state index in [0.29, 0.717) is 11.6 Å². The lowest BCUT2D eigenvalue weighted by Crippen LogP contribution is -2.11. The van der Waals surface area contributed by atoms with Gasteiger partial charge in [0.25, 0.3) is 0 Å². The fraction of sp³-hybridized carbons (Fsp3) is 0.294. The molecule has 2 aromatic rings. The first-order valence-corrected chi connectivity index (χ1v) is 6.76. The zero-order chi connectivity index (χ0) is 15.6. The number of pyridine rings is 1. The van der Waals surface area contributed by atoms with E-state index in [4.69, 9.17) is 4.74 Å². The van der Waals surface area contributed by atoms with Gasteiger partial charge < -0.3 is 9.84 Å². The van der Waals surface area contributed by atoms with Crippen LogP contribution in [0.15, 0.2) is 36.5 Å². The van der Waals surface area contributed by atoms with Gasteiger partial charge in [0.2, 0.25) is 5.88 Å². The second-order valence-corrected chi connectivity index (χ2v) is 6.04. The summed E-state index contributed by atoms with van der Waals surface area (Å²) in [6, 6.07) is 8.68.